The number of carbonyl (C=O) groups excluding carboxylic acids is 4. The molecule has 2 amide bonds. The van der Waals surface area contributed by atoms with E-state index < -0.39 is 59.7 Å². The van der Waals surface area contributed by atoms with Gasteiger partial charge >= 0.3 is 6.09 Å². The second kappa shape index (κ2) is 18.7. The summed E-state index contributed by atoms with van der Waals surface area (Å²) >= 11 is 0. The summed E-state index contributed by atoms with van der Waals surface area (Å²) in [6.45, 7) is 7.83. The number of rotatable bonds is 8. The van der Waals surface area contributed by atoms with Crippen LogP contribution in [0.2, 0.25) is 0 Å². The number of halogens is 1. The average molecular weight is 711 g/mol. The van der Waals surface area contributed by atoms with Crippen LogP contribution in [0.4, 0.5) is 9.18 Å². The van der Waals surface area contributed by atoms with Crippen molar-refractivity contribution in [1.82, 2.24) is 15.5 Å². The number of carbonyl (C=O) groups is 4. The number of Topliss-reactive ketones (excluding diaryl/α,β-unsaturated/α-hetero) is 2. The van der Waals surface area contributed by atoms with Crippen LogP contribution >= 0.6 is 0 Å². The molecule has 5 N–H and O–H groups in total. The molecule has 2 aliphatic rings. The van der Waals surface area contributed by atoms with Gasteiger partial charge in [0.05, 0.1) is 23.5 Å². The van der Waals surface area contributed by atoms with E-state index in [-0.39, 0.29) is 46.0 Å². The molecular formula is C38H51FN4O8. The van der Waals surface area contributed by atoms with Crippen molar-refractivity contribution in [1.29, 1.82) is 0 Å². The van der Waals surface area contributed by atoms with Gasteiger partial charge in [0.15, 0.2) is 6.10 Å². The number of hydrogen-bond acceptors (Lipinski definition) is 10. The van der Waals surface area contributed by atoms with Gasteiger partial charge in [-0.15, -0.1) is 0 Å². The third kappa shape index (κ3) is 10.8. The zero-order chi connectivity index (χ0) is 38.0. The fourth-order valence-electron chi connectivity index (χ4n) is 6.15. The smallest absolute Gasteiger partial charge is 0.405 e. The Balaban J connectivity index is 2.24. The van der Waals surface area contributed by atoms with Crippen molar-refractivity contribution >= 4 is 29.1 Å². The van der Waals surface area contributed by atoms with Crippen LogP contribution in [-0.2, 0) is 28.6 Å². The Morgan fingerprint density at radius 1 is 1.08 bits per heavy atom. The molecule has 0 aromatic heterocycles. The number of hydrogen-bond donors (Lipinski definition) is 4. The molecule has 0 spiro atoms. The number of nitrogens with one attached hydrogen (secondary N) is 2. The first-order valence-corrected chi connectivity index (χ1v) is 16.8. The first-order chi connectivity index (χ1) is 24.1. The molecule has 1 aliphatic heterocycles. The number of allylic oxidation sites excluding steroid dienone is 4. The van der Waals surface area contributed by atoms with Gasteiger partial charge < -0.3 is 40.6 Å². The summed E-state index contributed by atoms with van der Waals surface area (Å²) in [5, 5.41) is 17.3. The largest absolute Gasteiger partial charge is 0.439 e. The summed E-state index contributed by atoms with van der Waals surface area (Å²) < 4.78 is 30.8. The molecule has 0 radical (unpaired) electrons. The first-order valence-electron chi connectivity index (χ1n) is 16.8. The fraction of sp³-hybridized carbons (Fsp3) is 0.474. The minimum atomic E-state index is -1.02. The van der Waals surface area contributed by atoms with Crippen LogP contribution in [0.25, 0.3) is 5.57 Å². The van der Waals surface area contributed by atoms with Gasteiger partial charge in [0.25, 0.3) is 5.91 Å². The maximum Gasteiger partial charge on any atom is 0.405 e. The highest BCUT2D eigenvalue weighted by Gasteiger charge is 2.38. The van der Waals surface area contributed by atoms with E-state index in [2.05, 4.69) is 10.6 Å². The standard InChI is InChI=1S/C38H51FN4O8/c1-21-18-27-31(41-16-17-43(5)6)35(46)30(25-12-14-26(39)15-13-25)32(34(27)45)42-37(47)22(2)10-9-11-28(49-7)36(51-38(40)48)24(4)20-23(3)33(44)29(19-21)50-8/h9-15,20-21,23,28-29,33,36,41,44H,16-19H2,1-8H3,(H2,40,48)(H,42,47)/b11-9-,22-10+,24-20+/t21-,23+,28-,29+,33-,36+/m1/s1. The van der Waals surface area contributed by atoms with Crippen molar-refractivity contribution in [2.45, 2.75) is 65.0 Å². The van der Waals surface area contributed by atoms with E-state index in [1.807, 2.05) is 25.9 Å². The number of nitrogens with zero attached hydrogens (tertiary/aromatic N) is 1. The lowest BCUT2D eigenvalue weighted by atomic mass is 9.81. The predicted octanol–water partition coefficient (Wildman–Crippen LogP) is 3.58. The number of fused-ring (bicyclic) bond motifs is 2. The maximum atomic E-state index is 14.5. The van der Waals surface area contributed by atoms with E-state index in [1.54, 1.807) is 26.0 Å². The molecule has 51 heavy (non-hydrogen) atoms. The Kier molecular flexibility index (Phi) is 15.0. The summed E-state index contributed by atoms with van der Waals surface area (Å²) in [7, 11) is 6.66. The lowest BCUT2D eigenvalue weighted by Gasteiger charge is -2.30. The number of aliphatic hydroxyl groups excluding tert-OH is 1. The number of primary amides is 1. The molecule has 0 unspecified atom stereocenters. The van der Waals surface area contributed by atoms with Crippen LogP contribution in [0.5, 0.6) is 0 Å². The van der Waals surface area contributed by atoms with Crippen LogP contribution in [0.15, 0.2) is 76.7 Å². The van der Waals surface area contributed by atoms with Gasteiger partial charge in [-0.2, -0.15) is 0 Å². The second-order valence-corrected chi connectivity index (χ2v) is 13.3. The van der Waals surface area contributed by atoms with Crippen LogP contribution in [0, 0.1) is 17.7 Å². The van der Waals surface area contributed by atoms with Crippen molar-refractivity contribution in [2.24, 2.45) is 17.6 Å². The summed E-state index contributed by atoms with van der Waals surface area (Å²) in [4.78, 5) is 56.3. The lowest BCUT2D eigenvalue weighted by Crippen LogP contribution is -2.40. The number of ether oxygens (including phenoxy) is 3. The summed E-state index contributed by atoms with van der Waals surface area (Å²) in [6, 6.07) is 5.13. The van der Waals surface area contributed by atoms with Gasteiger partial charge in [-0.05, 0) is 70.0 Å². The van der Waals surface area contributed by atoms with Crippen molar-refractivity contribution in [3.63, 3.8) is 0 Å². The van der Waals surface area contributed by atoms with Gasteiger partial charge in [0, 0.05) is 44.4 Å². The van der Waals surface area contributed by atoms with Crippen LogP contribution < -0.4 is 16.4 Å². The lowest BCUT2D eigenvalue weighted by molar-refractivity contribution is -0.120. The van der Waals surface area contributed by atoms with Crippen molar-refractivity contribution in [3.05, 3.63) is 88.1 Å². The first kappa shape index (κ1) is 41.0. The minimum Gasteiger partial charge on any atom is -0.439 e. The van der Waals surface area contributed by atoms with Crippen LogP contribution in [-0.4, -0.2) is 99.4 Å². The summed E-state index contributed by atoms with van der Waals surface area (Å²) in [5.41, 5.74) is 6.37. The molecule has 0 saturated heterocycles. The minimum absolute atomic E-state index is 0.0715. The number of aliphatic hydroxyl groups is 1. The van der Waals surface area contributed by atoms with E-state index >= 15 is 0 Å². The summed E-state index contributed by atoms with van der Waals surface area (Å²) in [6.07, 6.45) is 2.23. The number of nitrogens with two attached hydrogens (primary N) is 1. The zero-order valence-corrected chi connectivity index (χ0v) is 30.6. The molecule has 1 aromatic carbocycles. The van der Waals surface area contributed by atoms with Crippen molar-refractivity contribution < 1.29 is 42.9 Å². The predicted molar refractivity (Wildman–Crippen MR) is 191 cm³/mol. The van der Waals surface area contributed by atoms with Gasteiger partial charge in [-0.1, -0.05) is 50.3 Å². The highest BCUT2D eigenvalue weighted by atomic mass is 19.1. The fourth-order valence-corrected chi connectivity index (χ4v) is 6.15. The third-order valence-corrected chi connectivity index (χ3v) is 8.94. The van der Waals surface area contributed by atoms with E-state index in [9.17, 15) is 28.7 Å². The maximum absolute atomic E-state index is 14.5. The van der Waals surface area contributed by atoms with Crippen molar-refractivity contribution in [2.75, 3.05) is 41.4 Å². The third-order valence-electron chi connectivity index (χ3n) is 8.94. The van der Waals surface area contributed by atoms with E-state index in [0.29, 0.717) is 25.1 Å². The average Bonchev–Trinajstić information content (AvgIpc) is 3.07. The quantitative estimate of drug-likeness (QED) is 0.231. The van der Waals surface area contributed by atoms with Crippen molar-refractivity contribution in [3.8, 4) is 0 Å². The Labute approximate surface area is 299 Å². The molecule has 6 atom stereocenters. The van der Waals surface area contributed by atoms with Gasteiger partial charge in [0.2, 0.25) is 11.6 Å². The SMILES string of the molecule is CO[C@H]1C[C@H](C)CC2=C(NCCN(C)C)C(=O)C(c3ccc(F)cc3)=C(NC(=O)/C(C)=C/C=C\[C@@H](OC)[C@@H](OC(N)=O)/C(C)=C/[C@H](C)[C@H]1O)C2=O. The molecule has 1 aromatic rings. The van der Waals surface area contributed by atoms with Crippen LogP contribution in [0.1, 0.15) is 46.1 Å². The summed E-state index contributed by atoms with van der Waals surface area (Å²) in [5.74, 6) is -3.05. The monoisotopic (exact) mass is 710 g/mol. The molecule has 13 heteroatoms. The van der Waals surface area contributed by atoms with Gasteiger partial charge in [-0.3, -0.25) is 14.4 Å². The number of ketones is 2. The number of benzene rings is 1. The van der Waals surface area contributed by atoms with E-state index in [1.165, 1.54) is 57.6 Å². The Bertz CT molecular complexity index is 1610. The molecule has 278 valence electrons. The molecule has 12 nitrogen and oxygen atoms in total. The highest BCUT2D eigenvalue weighted by molar-refractivity contribution is 6.39. The van der Waals surface area contributed by atoms with Gasteiger partial charge in [0.1, 0.15) is 17.6 Å². The molecule has 3 rings (SSSR count). The van der Waals surface area contributed by atoms with Crippen LogP contribution in [0.3, 0.4) is 0 Å². The second-order valence-electron chi connectivity index (χ2n) is 13.3. The molecule has 0 saturated carbocycles. The zero-order valence-electron chi connectivity index (χ0n) is 30.6. The van der Waals surface area contributed by atoms with E-state index in [4.69, 9.17) is 19.9 Å². The normalized spacial score (nSPS) is 28.5. The van der Waals surface area contributed by atoms with E-state index in [0.717, 1.165) is 0 Å². The Hall–Kier alpha value is -4.43. The number of likely N-dealkylation sites (N-methyl/N-ethyl adjacent to an activating group) is 1. The molecule has 1 heterocycles. The Morgan fingerprint density at radius 2 is 1.75 bits per heavy atom. The molecule has 0 fully saturated rings. The Morgan fingerprint density at radius 3 is 2.33 bits per heavy atom. The number of amides is 2. The highest BCUT2D eigenvalue weighted by Crippen LogP contribution is 2.34. The molecule has 2 bridgehead atoms. The van der Waals surface area contributed by atoms with Gasteiger partial charge in [-0.25, -0.2) is 9.18 Å². The molecule has 1 aliphatic carbocycles. The topological polar surface area (TPSA) is 170 Å². The molecular weight excluding hydrogens is 659 g/mol. The number of methoxy groups -OCH3 is 2.